The summed E-state index contributed by atoms with van der Waals surface area (Å²) in [6.45, 7) is 2.32. The molecule has 0 aliphatic carbocycles. The molecule has 21 heavy (non-hydrogen) atoms. The van der Waals surface area contributed by atoms with Crippen LogP contribution in [0.5, 0.6) is 0 Å². The molecule has 1 aromatic rings. The molecular formula is C12H16FN3O4S. The van der Waals surface area contributed by atoms with E-state index in [0.717, 1.165) is 23.6 Å². The Morgan fingerprint density at radius 2 is 2.48 bits per heavy atom. The lowest BCUT2D eigenvalue weighted by atomic mass is 10.4. The lowest BCUT2D eigenvalue weighted by Gasteiger charge is -2.14. The van der Waals surface area contributed by atoms with Gasteiger partial charge in [-0.1, -0.05) is 13.3 Å². The summed E-state index contributed by atoms with van der Waals surface area (Å²) in [5.41, 5.74) is 3.67. The van der Waals surface area contributed by atoms with E-state index in [1.54, 1.807) is 0 Å². The zero-order valence-electron chi connectivity index (χ0n) is 11.5. The summed E-state index contributed by atoms with van der Waals surface area (Å²) < 4.78 is 24.8. The predicted octanol–water partition coefficient (Wildman–Crippen LogP) is 0.896. The van der Waals surface area contributed by atoms with Gasteiger partial charge in [0, 0.05) is 5.75 Å². The highest BCUT2D eigenvalue weighted by Gasteiger charge is 2.34. The standard InChI is InChI=1S/C12H16FN3O4S/c1-2-3-4-19-10(17)11-20-8(6-21-11)16-5-7(13)9(14)15-12(16)18/h5,8,11H,2-4,6H2,1H3,(H2,14,15,18)/t8-,11+/m0/s1. The predicted molar refractivity (Wildman–Crippen MR) is 75.1 cm³/mol. The first-order chi connectivity index (χ1) is 10.0. The highest BCUT2D eigenvalue weighted by Crippen LogP contribution is 2.31. The van der Waals surface area contributed by atoms with E-state index in [1.165, 1.54) is 11.8 Å². The number of aromatic nitrogens is 2. The summed E-state index contributed by atoms with van der Waals surface area (Å²) >= 11 is 1.19. The highest BCUT2D eigenvalue weighted by atomic mass is 32.2. The van der Waals surface area contributed by atoms with Crippen LogP contribution in [-0.4, -0.2) is 33.3 Å². The number of thioether (sulfide) groups is 1. The SMILES string of the molecule is CCCCOC(=O)[C@@H]1O[C@H](n2cc(F)c(N)nc2=O)CS1. The van der Waals surface area contributed by atoms with E-state index in [9.17, 15) is 14.0 Å². The molecule has 0 amide bonds. The van der Waals surface area contributed by atoms with Gasteiger partial charge in [0.1, 0.15) is 6.23 Å². The zero-order valence-corrected chi connectivity index (χ0v) is 12.3. The normalized spacial score (nSPS) is 21.4. The number of esters is 1. The molecule has 0 aromatic carbocycles. The second-order valence-corrected chi connectivity index (χ2v) is 5.54. The number of nitrogen functional groups attached to an aromatic ring is 1. The van der Waals surface area contributed by atoms with Gasteiger partial charge in [-0.2, -0.15) is 4.98 Å². The van der Waals surface area contributed by atoms with Gasteiger partial charge >= 0.3 is 11.7 Å². The van der Waals surface area contributed by atoms with Crippen molar-refractivity contribution < 1.29 is 18.7 Å². The van der Waals surface area contributed by atoms with Crippen molar-refractivity contribution in [1.29, 1.82) is 0 Å². The average Bonchev–Trinajstić information content (AvgIpc) is 2.92. The van der Waals surface area contributed by atoms with Crippen molar-refractivity contribution in [3.63, 3.8) is 0 Å². The Kier molecular flexibility index (Phi) is 5.18. The Hall–Kier alpha value is -1.61. The summed E-state index contributed by atoms with van der Waals surface area (Å²) in [6, 6.07) is 0. The number of hydrogen-bond donors (Lipinski definition) is 1. The van der Waals surface area contributed by atoms with Gasteiger partial charge in [0.15, 0.2) is 11.6 Å². The van der Waals surface area contributed by atoms with E-state index in [2.05, 4.69) is 4.98 Å². The monoisotopic (exact) mass is 317 g/mol. The van der Waals surface area contributed by atoms with Gasteiger partial charge in [-0.15, -0.1) is 11.8 Å². The largest absolute Gasteiger partial charge is 0.463 e. The molecule has 2 N–H and O–H groups in total. The minimum atomic E-state index is -0.820. The first kappa shape index (κ1) is 15.8. The molecule has 1 aromatic heterocycles. The molecule has 2 atom stereocenters. The lowest BCUT2D eigenvalue weighted by Crippen LogP contribution is -2.30. The molecule has 2 heterocycles. The fourth-order valence-corrected chi connectivity index (χ4v) is 2.70. The Morgan fingerprint density at radius 3 is 3.19 bits per heavy atom. The number of carbonyl (C=O) groups excluding carboxylic acids is 1. The number of nitrogens with two attached hydrogens (primary N) is 1. The number of hydrogen-bond acceptors (Lipinski definition) is 7. The van der Waals surface area contributed by atoms with Crippen molar-refractivity contribution >= 4 is 23.5 Å². The number of ether oxygens (including phenoxy) is 2. The van der Waals surface area contributed by atoms with Crippen LogP contribution in [0.25, 0.3) is 0 Å². The summed E-state index contributed by atoms with van der Waals surface area (Å²) in [4.78, 5) is 26.8. The van der Waals surface area contributed by atoms with Crippen molar-refractivity contribution in [2.45, 2.75) is 31.4 Å². The van der Waals surface area contributed by atoms with E-state index in [1.807, 2.05) is 6.92 Å². The molecule has 7 nitrogen and oxygen atoms in total. The van der Waals surface area contributed by atoms with Gasteiger partial charge < -0.3 is 15.2 Å². The highest BCUT2D eigenvalue weighted by molar-refractivity contribution is 8.00. The van der Waals surface area contributed by atoms with Crippen molar-refractivity contribution in [2.75, 3.05) is 18.1 Å². The number of halogens is 1. The Labute approximate surface area is 124 Å². The first-order valence-electron chi connectivity index (χ1n) is 6.50. The fraction of sp³-hybridized carbons (Fsp3) is 0.583. The molecule has 0 spiro atoms. The van der Waals surface area contributed by atoms with Crippen LogP contribution in [-0.2, 0) is 14.3 Å². The molecule has 0 radical (unpaired) electrons. The molecule has 9 heteroatoms. The molecule has 1 fully saturated rings. The number of rotatable bonds is 5. The zero-order chi connectivity index (χ0) is 15.4. The molecule has 116 valence electrons. The van der Waals surface area contributed by atoms with Crippen LogP contribution in [0.3, 0.4) is 0 Å². The van der Waals surface area contributed by atoms with E-state index >= 15 is 0 Å². The summed E-state index contributed by atoms with van der Waals surface area (Å²) in [5.74, 6) is -1.44. The third-order valence-electron chi connectivity index (χ3n) is 2.85. The van der Waals surface area contributed by atoms with Gasteiger partial charge in [0.2, 0.25) is 5.44 Å². The number of anilines is 1. The lowest BCUT2D eigenvalue weighted by molar-refractivity contribution is -0.154. The Bertz CT molecular complexity index is 580. The average molecular weight is 317 g/mol. The van der Waals surface area contributed by atoms with E-state index in [-0.39, 0.29) is 0 Å². The topological polar surface area (TPSA) is 96.4 Å². The van der Waals surface area contributed by atoms with Gasteiger partial charge in [-0.3, -0.25) is 4.57 Å². The van der Waals surface area contributed by atoms with Gasteiger partial charge in [0.25, 0.3) is 0 Å². The second-order valence-electron chi connectivity index (χ2n) is 4.44. The Balaban J connectivity index is 2.01. The van der Waals surface area contributed by atoms with Crippen LogP contribution in [0.4, 0.5) is 10.2 Å². The van der Waals surface area contributed by atoms with E-state index in [0.29, 0.717) is 12.4 Å². The number of unbranched alkanes of at least 4 members (excludes halogenated alkanes) is 1. The third kappa shape index (κ3) is 3.73. The van der Waals surface area contributed by atoms with E-state index in [4.69, 9.17) is 15.2 Å². The number of nitrogens with zero attached hydrogens (tertiary/aromatic N) is 2. The maximum atomic E-state index is 13.4. The molecule has 1 aliphatic heterocycles. The number of carbonyl (C=O) groups is 1. The molecule has 0 bridgehead atoms. The summed E-state index contributed by atoms with van der Waals surface area (Å²) in [7, 11) is 0. The smallest absolute Gasteiger partial charge is 0.351 e. The van der Waals surface area contributed by atoms with Crippen molar-refractivity contribution in [3.05, 3.63) is 22.5 Å². The minimum Gasteiger partial charge on any atom is -0.463 e. The van der Waals surface area contributed by atoms with Crippen LogP contribution < -0.4 is 11.4 Å². The third-order valence-corrected chi connectivity index (χ3v) is 3.93. The van der Waals surface area contributed by atoms with Crippen molar-refractivity contribution in [2.24, 2.45) is 0 Å². The molecule has 0 saturated carbocycles. The van der Waals surface area contributed by atoms with Crippen LogP contribution >= 0.6 is 11.8 Å². The summed E-state index contributed by atoms with van der Waals surface area (Å²) in [5, 5.41) is 0. The Morgan fingerprint density at radius 1 is 1.71 bits per heavy atom. The second kappa shape index (κ2) is 6.90. The van der Waals surface area contributed by atoms with Gasteiger partial charge in [-0.05, 0) is 6.42 Å². The van der Waals surface area contributed by atoms with Gasteiger partial charge in [0.05, 0.1) is 12.8 Å². The van der Waals surface area contributed by atoms with Crippen molar-refractivity contribution in [3.8, 4) is 0 Å². The van der Waals surface area contributed by atoms with Crippen LogP contribution in [0.2, 0.25) is 0 Å². The molecule has 1 saturated heterocycles. The van der Waals surface area contributed by atoms with Crippen LogP contribution in [0.1, 0.15) is 26.0 Å². The van der Waals surface area contributed by atoms with Gasteiger partial charge in [-0.25, -0.2) is 14.0 Å². The molecule has 2 rings (SSSR count). The van der Waals surface area contributed by atoms with Crippen LogP contribution in [0, 0.1) is 5.82 Å². The van der Waals surface area contributed by atoms with E-state index < -0.39 is 35.0 Å². The first-order valence-corrected chi connectivity index (χ1v) is 7.55. The summed E-state index contributed by atoms with van der Waals surface area (Å²) in [6.07, 6.45) is 1.86. The maximum absolute atomic E-state index is 13.4. The quantitative estimate of drug-likeness (QED) is 0.636. The van der Waals surface area contributed by atoms with Crippen molar-refractivity contribution in [1.82, 2.24) is 9.55 Å². The minimum absolute atomic E-state index is 0.318. The maximum Gasteiger partial charge on any atom is 0.351 e. The molecule has 0 unspecified atom stereocenters. The fourth-order valence-electron chi connectivity index (χ4n) is 1.71. The molecular weight excluding hydrogens is 301 g/mol. The van der Waals surface area contributed by atoms with Crippen LogP contribution in [0.15, 0.2) is 11.0 Å². The molecule has 1 aliphatic rings.